The molecule has 0 aromatic carbocycles. The van der Waals surface area contributed by atoms with Crippen LogP contribution in [0.4, 0.5) is 11.8 Å². The number of nitrogen functional groups attached to an aromatic ring is 1. The average molecular weight is 293 g/mol. The van der Waals surface area contributed by atoms with Gasteiger partial charge in [-0.2, -0.15) is 4.98 Å². The first-order valence-corrected chi connectivity index (χ1v) is 7.34. The smallest absolute Gasteiger partial charge is 0.223 e. The summed E-state index contributed by atoms with van der Waals surface area (Å²) in [7, 11) is 3.54. The number of nitrogens with one attached hydrogen (secondary N) is 1. The van der Waals surface area contributed by atoms with Gasteiger partial charge in [-0.25, -0.2) is 4.98 Å². The minimum absolute atomic E-state index is 0.00897. The van der Waals surface area contributed by atoms with Gasteiger partial charge in [0.25, 0.3) is 0 Å². The number of anilines is 2. The zero-order valence-corrected chi connectivity index (χ0v) is 12.8. The third kappa shape index (κ3) is 2.98. The zero-order valence-electron chi connectivity index (χ0n) is 11.9. The van der Waals surface area contributed by atoms with Crippen LogP contribution in [0.15, 0.2) is 6.07 Å². The Bertz CT molecular complexity index is 624. The normalized spacial score (nSPS) is 10.8. The predicted octanol–water partition coefficient (Wildman–Crippen LogP) is 1.41. The van der Waals surface area contributed by atoms with E-state index in [1.165, 1.54) is 4.88 Å². The Balaban J connectivity index is 2.32. The van der Waals surface area contributed by atoms with Gasteiger partial charge in [0.15, 0.2) is 0 Å². The third-order valence-corrected chi connectivity index (χ3v) is 4.28. The lowest BCUT2D eigenvalue weighted by atomic mass is 10.3. The van der Waals surface area contributed by atoms with Gasteiger partial charge in [-0.3, -0.25) is 4.79 Å². The number of fused-ring (bicyclic) bond motifs is 1. The second kappa shape index (κ2) is 6.04. The number of hydrogen-bond acceptors (Lipinski definition) is 6. The Kier molecular flexibility index (Phi) is 4.39. The number of carbonyl (C=O) groups is 1. The highest BCUT2D eigenvalue weighted by atomic mass is 32.1. The summed E-state index contributed by atoms with van der Waals surface area (Å²) >= 11 is 1.63. The molecule has 108 valence electrons. The maximum atomic E-state index is 11.3. The van der Waals surface area contributed by atoms with Crippen molar-refractivity contribution in [3.8, 4) is 0 Å². The summed E-state index contributed by atoms with van der Waals surface area (Å²) in [6, 6.07) is 2.10. The molecular formula is C13H19N5OS. The summed E-state index contributed by atoms with van der Waals surface area (Å²) < 4.78 is 0. The van der Waals surface area contributed by atoms with Gasteiger partial charge in [0.1, 0.15) is 10.6 Å². The molecule has 3 N–H and O–H groups in total. The molecule has 2 aromatic heterocycles. The van der Waals surface area contributed by atoms with Crippen LogP contribution in [-0.4, -0.2) is 36.5 Å². The minimum atomic E-state index is 0.00897. The molecule has 2 rings (SSSR count). The third-order valence-electron chi connectivity index (χ3n) is 3.10. The van der Waals surface area contributed by atoms with E-state index in [0.717, 1.165) is 22.5 Å². The first kappa shape index (κ1) is 14.5. The van der Waals surface area contributed by atoms with Crippen LogP contribution in [0.3, 0.4) is 0 Å². The van der Waals surface area contributed by atoms with Crippen LogP contribution in [0.1, 0.15) is 18.2 Å². The fourth-order valence-electron chi connectivity index (χ4n) is 1.94. The lowest BCUT2D eigenvalue weighted by Gasteiger charge is -2.18. The van der Waals surface area contributed by atoms with E-state index in [0.29, 0.717) is 13.0 Å². The molecule has 0 atom stereocenters. The monoisotopic (exact) mass is 293 g/mol. The van der Waals surface area contributed by atoms with Crippen LogP contribution in [0, 0.1) is 0 Å². The highest BCUT2D eigenvalue weighted by Crippen LogP contribution is 2.31. The maximum Gasteiger partial charge on any atom is 0.223 e. The number of hydrogen-bond donors (Lipinski definition) is 2. The Morgan fingerprint density at radius 3 is 2.90 bits per heavy atom. The molecular weight excluding hydrogens is 274 g/mol. The summed E-state index contributed by atoms with van der Waals surface area (Å²) in [6.07, 6.45) is 1.38. The van der Waals surface area contributed by atoms with E-state index in [1.54, 1.807) is 18.4 Å². The molecule has 2 heterocycles. The zero-order chi connectivity index (χ0) is 14.7. The number of thiophene rings is 1. The second-order valence-corrected chi connectivity index (χ2v) is 5.65. The largest absolute Gasteiger partial charge is 0.368 e. The summed E-state index contributed by atoms with van der Waals surface area (Å²) in [4.78, 5) is 24.0. The SMILES string of the molecule is CCc1cc2c(N(C)CCC(=O)NC)nc(N)nc2s1. The standard InChI is InChI=1S/C13H19N5OS/c1-4-8-7-9-11(16-13(14)17-12(9)20-8)18(3)6-5-10(19)15-2/h7H,4-6H2,1-3H3,(H,15,19)(H2,14,16,17). The van der Waals surface area contributed by atoms with Crippen LogP contribution >= 0.6 is 11.3 Å². The summed E-state index contributed by atoms with van der Waals surface area (Å²) in [5.41, 5.74) is 5.77. The van der Waals surface area contributed by atoms with E-state index >= 15 is 0 Å². The van der Waals surface area contributed by atoms with E-state index in [9.17, 15) is 4.79 Å². The fourth-order valence-corrected chi connectivity index (χ4v) is 2.91. The van der Waals surface area contributed by atoms with E-state index in [-0.39, 0.29) is 11.9 Å². The molecule has 0 aliphatic heterocycles. The molecule has 0 bridgehead atoms. The predicted molar refractivity (Wildman–Crippen MR) is 83.2 cm³/mol. The van der Waals surface area contributed by atoms with Crippen molar-refractivity contribution in [1.82, 2.24) is 15.3 Å². The molecule has 2 aromatic rings. The van der Waals surface area contributed by atoms with Gasteiger partial charge in [-0.05, 0) is 12.5 Å². The van der Waals surface area contributed by atoms with Gasteiger partial charge >= 0.3 is 0 Å². The van der Waals surface area contributed by atoms with Crippen molar-refractivity contribution >= 4 is 39.2 Å². The van der Waals surface area contributed by atoms with Crippen LogP contribution in [-0.2, 0) is 11.2 Å². The number of rotatable bonds is 5. The maximum absolute atomic E-state index is 11.3. The molecule has 0 aliphatic rings. The van der Waals surface area contributed by atoms with E-state index < -0.39 is 0 Å². The summed E-state index contributed by atoms with van der Waals surface area (Å²) in [5, 5.41) is 3.61. The van der Waals surface area contributed by atoms with Crippen molar-refractivity contribution in [2.45, 2.75) is 19.8 Å². The van der Waals surface area contributed by atoms with Crippen LogP contribution in [0.2, 0.25) is 0 Å². The quantitative estimate of drug-likeness (QED) is 0.870. The minimum Gasteiger partial charge on any atom is -0.368 e. The molecule has 6 nitrogen and oxygen atoms in total. The van der Waals surface area contributed by atoms with Gasteiger partial charge in [-0.1, -0.05) is 6.92 Å². The topological polar surface area (TPSA) is 84.1 Å². The van der Waals surface area contributed by atoms with E-state index in [2.05, 4.69) is 28.3 Å². The Morgan fingerprint density at radius 2 is 2.25 bits per heavy atom. The van der Waals surface area contributed by atoms with Crippen molar-refractivity contribution in [2.75, 3.05) is 31.3 Å². The Morgan fingerprint density at radius 1 is 1.50 bits per heavy atom. The van der Waals surface area contributed by atoms with E-state index in [1.807, 2.05) is 11.9 Å². The molecule has 0 radical (unpaired) electrons. The van der Waals surface area contributed by atoms with Crippen LogP contribution in [0.25, 0.3) is 10.2 Å². The van der Waals surface area contributed by atoms with Gasteiger partial charge < -0.3 is 16.0 Å². The molecule has 0 fully saturated rings. The number of nitrogens with zero attached hydrogens (tertiary/aromatic N) is 3. The number of amides is 1. The number of nitrogens with two attached hydrogens (primary N) is 1. The number of aromatic nitrogens is 2. The lowest BCUT2D eigenvalue weighted by Crippen LogP contribution is -2.27. The molecule has 0 saturated carbocycles. The van der Waals surface area contributed by atoms with Crippen molar-refractivity contribution in [1.29, 1.82) is 0 Å². The van der Waals surface area contributed by atoms with Gasteiger partial charge in [-0.15, -0.1) is 11.3 Å². The summed E-state index contributed by atoms with van der Waals surface area (Å²) in [6.45, 7) is 2.69. The molecule has 0 unspecified atom stereocenters. The first-order valence-electron chi connectivity index (χ1n) is 6.52. The highest BCUT2D eigenvalue weighted by Gasteiger charge is 2.14. The van der Waals surface area contributed by atoms with Crippen molar-refractivity contribution in [3.63, 3.8) is 0 Å². The number of aryl methyl sites for hydroxylation is 1. The molecule has 7 heteroatoms. The second-order valence-electron chi connectivity index (χ2n) is 4.54. The van der Waals surface area contributed by atoms with Crippen molar-refractivity contribution < 1.29 is 4.79 Å². The molecule has 20 heavy (non-hydrogen) atoms. The van der Waals surface area contributed by atoms with Gasteiger partial charge in [0.05, 0.1) is 5.39 Å². The van der Waals surface area contributed by atoms with Crippen molar-refractivity contribution in [2.24, 2.45) is 0 Å². The van der Waals surface area contributed by atoms with Crippen LogP contribution < -0.4 is 16.0 Å². The number of carbonyl (C=O) groups excluding carboxylic acids is 1. The molecule has 0 spiro atoms. The van der Waals surface area contributed by atoms with Gasteiger partial charge in [0, 0.05) is 31.9 Å². The Labute approximate surface area is 122 Å². The average Bonchev–Trinajstić information content (AvgIpc) is 2.86. The van der Waals surface area contributed by atoms with Crippen LogP contribution in [0.5, 0.6) is 0 Å². The molecule has 1 amide bonds. The fraction of sp³-hybridized carbons (Fsp3) is 0.462. The van der Waals surface area contributed by atoms with Crippen molar-refractivity contribution in [3.05, 3.63) is 10.9 Å². The Hall–Kier alpha value is -1.89. The lowest BCUT2D eigenvalue weighted by molar-refractivity contribution is -0.120. The molecule has 0 aliphatic carbocycles. The van der Waals surface area contributed by atoms with E-state index in [4.69, 9.17) is 5.73 Å². The highest BCUT2D eigenvalue weighted by molar-refractivity contribution is 7.18. The summed E-state index contributed by atoms with van der Waals surface area (Å²) in [5.74, 6) is 1.06. The van der Waals surface area contributed by atoms with Gasteiger partial charge in [0.2, 0.25) is 11.9 Å². The molecule has 0 saturated heterocycles. The first-order chi connectivity index (χ1) is 9.55.